The van der Waals surface area contributed by atoms with E-state index in [0.29, 0.717) is 5.69 Å². The second-order valence-corrected chi connectivity index (χ2v) is 6.54. The second kappa shape index (κ2) is 5.34. The normalized spacial score (nSPS) is 19.1. The molecule has 2 amide bonds. The Morgan fingerprint density at radius 3 is 2.48 bits per heavy atom. The zero-order valence-electron chi connectivity index (χ0n) is 11.6. The maximum absolute atomic E-state index is 11.8. The Kier molecular flexibility index (Phi) is 3.88. The van der Waals surface area contributed by atoms with Crippen molar-refractivity contribution in [2.75, 3.05) is 25.1 Å². The molecule has 114 valence electrons. The third-order valence-electron chi connectivity index (χ3n) is 3.31. The molecule has 8 nitrogen and oxygen atoms in total. The Morgan fingerprint density at radius 1 is 1.33 bits per heavy atom. The molecule has 1 heterocycles. The molecule has 1 saturated heterocycles. The van der Waals surface area contributed by atoms with Crippen LogP contribution in [0.4, 0.5) is 11.4 Å². The van der Waals surface area contributed by atoms with E-state index in [1.165, 1.54) is 32.3 Å². The van der Waals surface area contributed by atoms with Crippen LogP contribution in [-0.4, -0.2) is 45.3 Å². The summed E-state index contributed by atoms with van der Waals surface area (Å²) in [6, 6.07) is 3.45. The number of likely N-dealkylation sites (N-methyl/N-ethyl adjacent to an activating group) is 1. The van der Waals surface area contributed by atoms with Gasteiger partial charge in [-0.05, 0) is 25.2 Å². The lowest BCUT2D eigenvalue weighted by atomic mass is 10.2. The highest BCUT2D eigenvalue weighted by Crippen LogP contribution is 2.25. The van der Waals surface area contributed by atoms with E-state index in [-0.39, 0.29) is 28.8 Å². The molecule has 0 aliphatic carbocycles. The average molecular weight is 312 g/mol. The Morgan fingerprint density at radius 2 is 2.00 bits per heavy atom. The first-order valence-electron chi connectivity index (χ1n) is 6.16. The zero-order chi connectivity index (χ0) is 15.8. The first-order chi connectivity index (χ1) is 9.76. The molecule has 1 aromatic rings. The first-order valence-corrected chi connectivity index (χ1v) is 7.64. The van der Waals surface area contributed by atoms with Crippen LogP contribution in [0.5, 0.6) is 0 Å². The molecule has 1 unspecified atom stereocenters. The maximum atomic E-state index is 11.8. The number of imide groups is 1. The molecule has 9 heteroatoms. The number of nitrogens with two attached hydrogens (primary N) is 1. The zero-order valence-corrected chi connectivity index (χ0v) is 12.4. The van der Waals surface area contributed by atoms with Crippen LogP contribution in [-0.2, 0) is 19.6 Å². The number of nitrogen functional groups attached to an aromatic ring is 1. The number of hydrogen-bond donors (Lipinski definition) is 3. The van der Waals surface area contributed by atoms with E-state index in [1.807, 2.05) is 0 Å². The minimum Gasteiger partial charge on any atom is -0.397 e. The van der Waals surface area contributed by atoms with Crippen molar-refractivity contribution in [1.29, 1.82) is 0 Å². The Labute approximate surface area is 122 Å². The molecule has 1 aliphatic heterocycles. The van der Waals surface area contributed by atoms with E-state index in [4.69, 9.17) is 5.73 Å². The van der Waals surface area contributed by atoms with Crippen LogP contribution in [0.1, 0.15) is 6.42 Å². The second-order valence-electron chi connectivity index (χ2n) is 4.65. The van der Waals surface area contributed by atoms with Gasteiger partial charge in [-0.2, -0.15) is 0 Å². The molecule has 0 bridgehead atoms. The van der Waals surface area contributed by atoms with Crippen LogP contribution in [0.2, 0.25) is 0 Å². The third kappa shape index (κ3) is 2.83. The molecule has 1 aromatic carbocycles. The molecule has 1 fully saturated rings. The number of nitrogens with one attached hydrogen (secondary N) is 2. The van der Waals surface area contributed by atoms with Gasteiger partial charge < -0.3 is 11.1 Å². The lowest BCUT2D eigenvalue weighted by Crippen LogP contribution is -2.32. The van der Waals surface area contributed by atoms with Crippen molar-refractivity contribution in [2.24, 2.45) is 0 Å². The third-order valence-corrected chi connectivity index (χ3v) is 4.73. The standard InChI is InChI=1S/C12H16N4O4S/c1-14-21(19,20)7-3-4-9(8(13)5-7)15-10-6-11(17)16(2)12(10)18/h3-5,10,14-15H,6,13H2,1-2H3. The fourth-order valence-corrected chi connectivity index (χ4v) is 2.78. The summed E-state index contributed by atoms with van der Waals surface area (Å²) >= 11 is 0. The number of nitrogens with zero attached hydrogens (tertiary/aromatic N) is 1. The van der Waals surface area contributed by atoms with Gasteiger partial charge in [0.15, 0.2) is 0 Å². The lowest BCUT2D eigenvalue weighted by Gasteiger charge is -2.15. The summed E-state index contributed by atoms with van der Waals surface area (Å²) in [6.45, 7) is 0. The van der Waals surface area contributed by atoms with E-state index >= 15 is 0 Å². The minimum atomic E-state index is -3.58. The molecular weight excluding hydrogens is 296 g/mol. The van der Waals surface area contributed by atoms with Gasteiger partial charge in [0.2, 0.25) is 15.9 Å². The Hall–Kier alpha value is -2.13. The van der Waals surface area contributed by atoms with Gasteiger partial charge in [-0.15, -0.1) is 0 Å². The number of anilines is 2. The van der Waals surface area contributed by atoms with Crippen LogP contribution < -0.4 is 15.8 Å². The first kappa shape index (κ1) is 15.3. The molecule has 21 heavy (non-hydrogen) atoms. The largest absolute Gasteiger partial charge is 0.397 e. The average Bonchev–Trinajstić information content (AvgIpc) is 2.68. The van der Waals surface area contributed by atoms with Crippen molar-refractivity contribution < 1.29 is 18.0 Å². The van der Waals surface area contributed by atoms with Crippen LogP contribution >= 0.6 is 0 Å². The molecule has 0 spiro atoms. The van der Waals surface area contributed by atoms with Gasteiger partial charge in [0.05, 0.1) is 22.7 Å². The fraction of sp³-hybridized carbons (Fsp3) is 0.333. The topological polar surface area (TPSA) is 122 Å². The Balaban J connectivity index is 2.23. The molecule has 2 rings (SSSR count). The van der Waals surface area contributed by atoms with Crippen molar-refractivity contribution in [2.45, 2.75) is 17.4 Å². The number of benzene rings is 1. The summed E-state index contributed by atoms with van der Waals surface area (Å²) < 4.78 is 25.5. The lowest BCUT2D eigenvalue weighted by molar-refractivity contribution is -0.136. The molecule has 1 aliphatic rings. The number of hydrogen-bond acceptors (Lipinski definition) is 6. The van der Waals surface area contributed by atoms with Crippen LogP contribution in [0.3, 0.4) is 0 Å². The summed E-state index contributed by atoms with van der Waals surface area (Å²) in [5.41, 5.74) is 6.39. The summed E-state index contributed by atoms with van der Waals surface area (Å²) in [4.78, 5) is 24.3. The van der Waals surface area contributed by atoms with Gasteiger partial charge in [-0.25, -0.2) is 13.1 Å². The number of rotatable bonds is 4. The van der Waals surface area contributed by atoms with Crippen molar-refractivity contribution in [1.82, 2.24) is 9.62 Å². The van der Waals surface area contributed by atoms with E-state index in [1.54, 1.807) is 0 Å². The van der Waals surface area contributed by atoms with Gasteiger partial charge in [0.1, 0.15) is 6.04 Å². The number of likely N-dealkylation sites (tertiary alicyclic amines) is 1. The highest BCUT2D eigenvalue weighted by atomic mass is 32.2. The van der Waals surface area contributed by atoms with E-state index in [2.05, 4.69) is 10.0 Å². The number of carbonyl (C=O) groups is 2. The smallest absolute Gasteiger partial charge is 0.251 e. The predicted molar refractivity (Wildman–Crippen MR) is 76.9 cm³/mol. The van der Waals surface area contributed by atoms with Gasteiger partial charge in [-0.1, -0.05) is 0 Å². The quantitative estimate of drug-likeness (QED) is 0.501. The Bertz CT molecular complexity index is 701. The maximum Gasteiger partial charge on any atom is 0.251 e. The van der Waals surface area contributed by atoms with Crippen molar-refractivity contribution in [3.8, 4) is 0 Å². The summed E-state index contributed by atoms with van der Waals surface area (Å²) in [5, 5.41) is 2.86. The molecular formula is C12H16N4O4S. The van der Waals surface area contributed by atoms with Crippen molar-refractivity contribution >= 4 is 33.2 Å². The molecule has 1 atom stereocenters. The molecule has 4 N–H and O–H groups in total. The summed E-state index contributed by atoms with van der Waals surface area (Å²) in [6.07, 6.45) is 0.0470. The highest BCUT2D eigenvalue weighted by Gasteiger charge is 2.36. The van der Waals surface area contributed by atoms with E-state index in [0.717, 1.165) is 4.90 Å². The number of carbonyl (C=O) groups excluding carboxylic acids is 2. The summed E-state index contributed by atoms with van der Waals surface area (Å²) in [7, 11) is -0.863. The molecule has 0 saturated carbocycles. The highest BCUT2D eigenvalue weighted by molar-refractivity contribution is 7.89. The predicted octanol–water partition coefficient (Wildman–Crippen LogP) is -0.654. The monoisotopic (exact) mass is 312 g/mol. The number of sulfonamides is 1. The SMILES string of the molecule is CNS(=O)(=O)c1ccc(NC2CC(=O)N(C)C2=O)c(N)c1. The van der Waals surface area contributed by atoms with Gasteiger partial charge in [-0.3, -0.25) is 14.5 Å². The van der Waals surface area contributed by atoms with E-state index < -0.39 is 16.1 Å². The van der Waals surface area contributed by atoms with Crippen molar-refractivity contribution in [3.63, 3.8) is 0 Å². The summed E-state index contributed by atoms with van der Waals surface area (Å²) in [5.74, 6) is -0.614. The van der Waals surface area contributed by atoms with Gasteiger partial charge in [0.25, 0.3) is 5.91 Å². The van der Waals surface area contributed by atoms with Crippen LogP contribution in [0.25, 0.3) is 0 Å². The molecule has 0 aromatic heterocycles. The van der Waals surface area contributed by atoms with Crippen LogP contribution in [0.15, 0.2) is 23.1 Å². The molecule has 0 radical (unpaired) electrons. The number of amides is 2. The van der Waals surface area contributed by atoms with Gasteiger partial charge in [0, 0.05) is 7.05 Å². The fourth-order valence-electron chi connectivity index (χ4n) is 2.01. The van der Waals surface area contributed by atoms with Crippen molar-refractivity contribution in [3.05, 3.63) is 18.2 Å². The van der Waals surface area contributed by atoms with Crippen LogP contribution in [0, 0.1) is 0 Å². The van der Waals surface area contributed by atoms with E-state index in [9.17, 15) is 18.0 Å². The minimum absolute atomic E-state index is 0.0268. The van der Waals surface area contributed by atoms with Gasteiger partial charge >= 0.3 is 0 Å².